The molecule has 1 aliphatic heterocycles. The molecule has 0 saturated carbocycles. The summed E-state index contributed by atoms with van der Waals surface area (Å²) in [5, 5.41) is 7.18. The number of rotatable bonds is 7. The van der Waals surface area contributed by atoms with Gasteiger partial charge in [-0.05, 0) is 30.2 Å². The molecule has 1 fully saturated rings. The van der Waals surface area contributed by atoms with Gasteiger partial charge in [0.1, 0.15) is 17.2 Å². The summed E-state index contributed by atoms with van der Waals surface area (Å²) in [4.78, 5) is 32.2. The number of H-pyrrole nitrogens is 2. The highest BCUT2D eigenvalue weighted by Crippen LogP contribution is 2.24. The van der Waals surface area contributed by atoms with E-state index in [1.54, 1.807) is 12.4 Å². The molecule has 3 aromatic heterocycles. The first-order valence-electron chi connectivity index (χ1n) is 11.3. The van der Waals surface area contributed by atoms with Crippen LogP contribution in [0.25, 0.3) is 22.6 Å². The fourth-order valence-electron chi connectivity index (χ4n) is 4.13. The molecule has 5 rings (SSSR count). The van der Waals surface area contributed by atoms with Crippen LogP contribution < -0.4 is 0 Å². The Hall–Kier alpha value is -3.43. The van der Waals surface area contributed by atoms with Crippen LogP contribution >= 0.6 is 0 Å². The summed E-state index contributed by atoms with van der Waals surface area (Å²) in [5.74, 6) is 1.28. The molecule has 4 aromatic rings. The molecule has 0 radical (unpaired) electrons. The number of hydrogen-bond donors (Lipinski definition) is 2. The zero-order valence-electron chi connectivity index (χ0n) is 18.9. The van der Waals surface area contributed by atoms with Crippen molar-refractivity contribution >= 4 is 16.8 Å². The van der Waals surface area contributed by atoms with E-state index in [1.165, 1.54) is 5.56 Å². The molecule has 1 aliphatic rings. The summed E-state index contributed by atoms with van der Waals surface area (Å²) >= 11 is 0. The van der Waals surface area contributed by atoms with Crippen LogP contribution in [0.15, 0.2) is 30.6 Å². The molecule has 170 valence electrons. The number of aromatic amines is 2. The lowest BCUT2D eigenvalue weighted by molar-refractivity contribution is 0.0342. The third-order valence-corrected chi connectivity index (χ3v) is 5.96. The van der Waals surface area contributed by atoms with Crippen molar-refractivity contribution in [2.75, 3.05) is 26.3 Å². The highest BCUT2D eigenvalue weighted by molar-refractivity contribution is 5.97. The van der Waals surface area contributed by atoms with Crippen molar-refractivity contribution < 1.29 is 9.53 Å². The standard InChI is InChI=1S/C24H27N7O2/c1-3-21-25-12-15(2)22(29-21)20(32)11-17-13-26-30-23(17)24-27-18-5-4-16(10-19(18)28-24)14-31-6-8-33-9-7-31/h4-5,10,12-13H,3,6-9,11,14H2,1-2H3,(H,26,30)(H,27,28). The van der Waals surface area contributed by atoms with Gasteiger partial charge < -0.3 is 9.72 Å². The Bertz CT molecular complexity index is 1290. The van der Waals surface area contributed by atoms with Gasteiger partial charge in [-0.25, -0.2) is 15.0 Å². The Morgan fingerprint density at radius 1 is 1.18 bits per heavy atom. The number of hydrogen-bond acceptors (Lipinski definition) is 7. The molecule has 4 heterocycles. The number of aryl methyl sites for hydroxylation is 2. The number of carbonyl (C=O) groups is 1. The van der Waals surface area contributed by atoms with Gasteiger partial charge in [-0.15, -0.1) is 0 Å². The lowest BCUT2D eigenvalue weighted by Gasteiger charge is -2.26. The normalized spacial score (nSPS) is 14.7. The summed E-state index contributed by atoms with van der Waals surface area (Å²) in [6.45, 7) is 8.18. The van der Waals surface area contributed by atoms with Gasteiger partial charge in [0.2, 0.25) is 0 Å². The number of nitrogens with zero attached hydrogens (tertiary/aromatic N) is 5. The molecule has 0 atom stereocenters. The number of nitrogens with one attached hydrogen (secondary N) is 2. The Morgan fingerprint density at radius 2 is 2.03 bits per heavy atom. The highest BCUT2D eigenvalue weighted by atomic mass is 16.5. The zero-order chi connectivity index (χ0) is 22.8. The Kier molecular flexibility index (Phi) is 5.97. The van der Waals surface area contributed by atoms with E-state index in [0.29, 0.717) is 23.8 Å². The van der Waals surface area contributed by atoms with Gasteiger partial charge in [0, 0.05) is 44.2 Å². The number of benzene rings is 1. The molecular weight excluding hydrogens is 418 g/mol. The van der Waals surface area contributed by atoms with E-state index in [-0.39, 0.29) is 12.2 Å². The first kappa shape index (κ1) is 21.4. The van der Waals surface area contributed by atoms with Crippen molar-refractivity contribution in [1.29, 1.82) is 0 Å². The minimum absolute atomic E-state index is 0.0591. The van der Waals surface area contributed by atoms with Gasteiger partial charge in [0.15, 0.2) is 11.6 Å². The molecule has 9 heteroatoms. The van der Waals surface area contributed by atoms with Crippen molar-refractivity contribution in [2.24, 2.45) is 0 Å². The fraction of sp³-hybridized carbons (Fsp3) is 0.375. The molecule has 0 unspecified atom stereocenters. The van der Waals surface area contributed by atoms with Crippen molar-refractivity contribution in [3.8, 4) is 11.5 Å². The van der Waals surface area contributed by atoms with Crippen molar-refractivity contribution in [2.45, 2.75) is 33.2 Å². The molecule has 0 bridgehead atoms. The van der Waals surface area contributed by atoms with Crippen LogP contribution in [0.1, 0.15) is 39.9 Å². The lowest BCUT2D eigenvalue weighted by Crippen LogP contribution is -2.35. The number of Topliss-reactive ketones (excluding diaryl/α,β-unsaturated/α-hetero) is 1. The van der Waals surface area contributed by atoms with Crippen LogP contribution in [0.5, 0.6) is 0 Å². The number of ether oxygens (including phenoxy) is 1. The first-order chi connectivity index (χ1) is 16.1. The summed E-state index contributed by atoms with van der Waals surface area (Å²) in [5.41, 5.74) is 5.81. The number of imidazole rings is 1. The minimum Gasteiger partial charge on any atom is -0.379 e. The van der Waals surface area contributed by atoms with Gasteiger partial charge in [-0.3, -0.25) is 14.8 Å². The summed E-state index contributed by atoms with van der Waals surface area (Å²) in [6.07, 6.45) is 4.26. The molecule has 1 saturated heterocycles. The summed E-state index contributed by atoms with van der Waals surface area (Å²) < 4.78 is 5.44. The monoisotopic (exact) mass is 445 g/mol. The van der Waals surface area contributed by atoms with E-state index in [0.717, 1.165) is 60.7 Å². The van der Waals surface area contributed by atoms with Gasteiger partial charge in [0.25, 0.3) is 0 Å². The lowest BCUT2D eigenvalue weighted by atomic mass is 10.0. The maximum Gasteiger partial charge on any atom is 0.186 e. The second-order valence-electron chi connectivity index (χ2n) is 8.37. The average Bonchev–Trinajstić information content (AvgIpc) is 3.46. The SMILES string of the molecule is CCc1ncc(C)c(C(=O)Cc2cn[nH]c2-c2nc3ccc(CN4CCOCC4)cc3[nH]2)n1. The van der Waals surface area contributed by atoms with Crippen LogP contribution in [0.3, 0.4) is 0 Å². The molecule has 33 heavy (non-hydrogen) atoms. The third kappa shape index (κ3) is 4.55. The Labute approximate surface area is 191 Å². The van der Waals surface area contributed by atoms with Crippen molar-refractivity contribution in [1.82, 2.24) is 35.0 Å². The predicted octanol–water partition coefficient (Wildman–Crippen LogP) is 2.87. The highest BCUT2D eigenvalue weighted by Gasteiger charge is 2.19. The Morgan fingerprint density at radius 3 is 2.85 bits per heavy atom. The molecule has 9 nitrogen and oxygen atoms in total. The van der Waals surface area contributed by atoms with Gasteiger partial charge in [0.05, 0.1) is 30.4 Å². The summed E-state index contributed by atoms with van der Waals surface area (Å²) in [6, 6.07) is 6.28. The minimum atomic E-state index is -0.0591. The van der Waals surface area contributed by atoms with E-state index < -0.39 is 0 Å². The molecule has 0 amide bonds. The van der Waals surface area contributed by atoms with Crippen LogP contribution in [-0.2, 0) is 24.1 Å². The fourth-order valence-corrected chi connectivity index (χ4v) is 4.13. The average molecular weight is 446 g/mol. The molecular formula is C24H27N7O2. The first-order valence-corrected chi connectivity index (χ1v) is 11.3. The number of ketones is 1. The van der Waals surface area contributed by atoms with E-state index >= 15 is 0 Å². The topological polar surface area (TPSA) is 113 Å². The van der Waals surface area contributed by atoms with Gasteiger partial charge in [-0.2, -0.15) is 5.10 Å². The van der Waals surface area contributed by atoms with E-state index in [9.17, 15) is 4.79 Å². The van der Waals surface area contributed by atoms with E-state index in [2.05, 4.69) is 42.2 Å². The number of aromatic nitrogens is 6. The number of fused-ring (bicyclic) bond motifs is 1. The predicted molar refractivity (Wildman–Crippen MR) is 124 cm³/mol. The van der Waals surface area contributed by atoms with E-state index in [1.807, 2.05) is 19.9 Å². The third-order valence-electron chi connectivity index (χ3n) is 5.96. The van der Waals surface area contributed by atoms with Crippen LogP contribution in [-0.4, -0.2) is 67.1 Å². The van der Waals surface area contributed by atoms with Crippen molar-refractivity contribution in [3.05, 3.63) is 58.8 Å². The van der Waals surface area contributed by atoms with Crippen molar-refractivity contribution in [3.63, 3.8) is 0 Å². The molecule has 0 aliphatic carbocycles. The second kappa shape index (κ2) is 9.21. The second-order valence-corrected chi connectivity index (χ2v) is 8.37. The van der Waals surface area contributed by atoms with E-state index in [4.69, 9.17) is 9.72 Å². The smallest absolute Gasteiger partial charge is 0.186 e. The quantitative estimate of drug-likeness (QED) is 0.421. The van der Waals surface area contributed by atoms with Crippen LogP contribution in [0, 0.1) is 6.92 Å². The molecule has 0 spiro atoms. The largest absolute Gasteiger partial charge is 0.379 e. The number of carbonyl (C=O) groups excluding carboxylic acids is 1. The van der Waals surface area contributed by atoms with Gasteiger partial charge >= 0.3 is 0 Å². The Balaban J connectivity index is 1.38. The maximum atomic E-state index is 13.0. The van der Waals surface area contributed by atoms with Gasteiger partial charge in [-0.1, -0.05) is 13.0 Å². The molecule has 1 aromatic carbocycles. The number of morpholine rings is 1. The molecule has 2 N–H and O–H groups in total. The summed E-state index contributed by atoms with van der Waals surface area (Å²) in [7, 11) is 0. The van der Waals surface area contributed by atoms with Crippen LogP contribution in [0.2, 0.25) is 0 Å². The maximum absolute atomic E-state index is 13.0. The van der Waals surface area contributed by atoms with Crippen LogP contribution in [0.4, 0.5) is 0 Å². The zero-order valence-corrected chi connectivity index (χ0v) is 18.9.